The molecule has 0 atom stereocenters. The number of amides is 1. The monoisotopic (exact) mass is 445 g/mol. The van der Waals surface area contributed by atoms with Gasteiger partial charge in [0.2, 0.25) is 5.91 Å². The third-order valence-corrected chi connectivity index (χ3v) is 7.97. The molecule has 1 saturated heterocycles. The van der Waals surface area contributed by atoms with Crippen LogP contribution >= 0.6 is 0 Å². The summed E-state index contributed by atoms with van der Waals surface area (Å²) in [6.07, 6.45) is 7.79. The van der Waals surface area contributed by atoms with Gasteiger partial charge in [-0.15, -0.1) is 0 Å². The molecule has 2 aliphatic heterocycles. The Bertz CT molecular complexity index is 959. The molecule has 0 spiro atoms. The summed E-state index contributed by atoms with van der Waals surface area (Å²) in [6.45, 7) is 6.48. The summed E-state index contributed by atoms with van der Waals surface area (Å²) in [5.74, 6) is 1.73. The minimum atomic E-state index is 0.164. The second-order valence-electron chi connectivity index (χ2n) is 10.5. The molecule has 33 heavy (non-hydrogen) atoms. The summed E-state index contributed by atoms with van der Waals surface area (Å²) in [5, 5.41) is 3.22. The molecule has 1 amide bonds. The van der Waals surface area contributed by atoms with Crippen molar-refractivity contribution < 1.29 is 4.79 Å². The zero-order valence-corrected chi connectivity index (χ0v) is 20.2. The maximum Gasteiger partial charge on any atom is 0.220 e. The topological polar surface area (TPSA) is 35.6 Å². The van der Waals surface area contributed by atoms with Crippen molar-refractivity contribution in [3.8, 4) is 0 Å². The van der Waals surface area contributed by atoms with E-state index in [1.54, 1.807) is 0 Å². The Hall–Kier alpha value is -2.17. The van der Waals surface area contributed by atoms with Crippen LogP contribution in [-0.4, -0.2) is 48.9 Å². The van der Waals surface area contributed by atoms with Crippen LogP contribution in [0.1, 0.15) is 65.8 Å². The van der Waals surface area contributed by atoms with Crippen molar-refractivity contribution in [1.82, 2.24) is 15.1 Å². The summed E-state index contributed by atoms with van der Waals surface area (Å²) in [4.78, 5) is 17.8. The minimum Gasteiger partial charge on any atom is -0.352 e. The summed E-state index contributed by atoms with van der Waals surface area (Å²) in [5.41, 5.74) is 7.07. The van der Waals surface area contributed by atoms with Crippen LogP contribution in [0.5, 0.6) is 0 Å². The number of aryl methyl sites for hydroxylation is 1. The first-order valence-electron chi connectivity index (χ1n) is 13.0. The van der Waals surface area contributed by atoms with Gasteiger partial charge in [-0.3, -0.25) is 9.69 Å². The van der Waals surface area contributed by atoms with Gasteiger partial charge in [0.05, 0.1) is 0 Å². The highest BCUT2D eigenvalue weighted by Gasteiger charge is 2.27. The Morgan fingerprint density at radius 3 is 2.58 bits per heavy atom. The lowest BCUT2D eigenvalue weighted by Crippen LogP contribution is -2.32. The highest BCUT2D eigenvalue weighted by Crippen LogP contribution is 2.32. The van der Waals surface area contributed by atoms with E-state index in [4.69, 9.17) is 0 Å². The molecule has 4 nitrogen and oxygen atoms in total. The van der Waals surface area contributed by atoms with Gasteiger partial charge < -0.3 is 10.2 Å². The predicted octanol–water partition coefficient (Wildman–Crippen LogP) is 4.51. The standard InChI is InChI=1S/C29H39N3O/c1-31-16-13-24(14-17-31)27-8-3-2-5-25(27)19-30-29(33)12-11-23-6-4-7-26-21-32(18-15-28(23)26)20-22-9-10-22/h2-8,22,24H,9-21H2,1H3,(H,30,33). The van der Waals surface area contributed by atoms with Crippen molar-refractivity contribution in [3.05, 3.63) is 70.3 Å². The summed E-state index contributed by atoms with van der Waals surface area (Å²) >= 11 is 0. The van der Waals surface area contributed by atoms with Crippen molar-refractivity contribution in [1.29, 1.82) is 0 Å². The molecule has 1 aliphatic carbocycles. The second kappa shape index (κ2) is 10.4. The number of rotatable bonds is 8. The molecule has 2 aromatic carbocycles. The second-order valence-corrected chi connectivity index (χ2v) is 10.5. The first-order chi connectivity index (χ1) is 16.2. The number of nitrogens with one attached hydrogen (secondary N) is 1. The molecular formula is C29H39N3O. The molecule has 1 N–H and O–H groups in total. The predicted molar refractivity (Wildman–Crippen MR) is 134 cm³/mol. The van der Waals surface area contributed by atoms with Crippen molar-refractivity contribution in [2.45, 2.75) is 64.0 Å². The number of hydrogen-bond donors (Lipinski definition) is 1. The number of carbonyl (C=O) groups is 1. The number of hydrogen-bond acceptors (Lipinski definition) is 3. The van der Waals surface area contributed by atoms with Gasteiger partial charge in [-0.1, -0.05) is 42.5 Å². The normalized spacial score (nSPS) is 19.9. The van der Waals surface area contributed by atoms with Crippen molar-refractivity contribution in [3.63, 3.8) is 0 Å². The summed E-state index contributed by atoms with van der Waals surface area (Å²) in [7, 11) is 2.20. The lowest BCUT2D eigenvalue weighted by atomic mass is 9.86. The summed E-state index contributed by atoms with van der Waals surface area (Å²) < 4.78 is 0. The number of piperidine rings is 1. The Labute approximate surface area is 199 Å². The lowest BCUT2D eigenvalue weighted by molar-refractivity contribution is -0.121. The van der Waals surface area contributed by atoms with E-state index in [0.29, 0.717) is 18.9 Å². The Morgan fingerprint density at radius 2 is 1.76 bits per heavy atom. The zero-order valence-electron chi connectivity index (χ0n) is 20.2. The molecule has 1 saturated carbocycles. The molecule has 0 unspecified atom stereocenters. The smallest absolute Gasteiger partial charge is 0.220 e. The quantitative estimate of drug-likeness (QED) is 0.649. The van der Waals surface area contributed by atoms with Gasteiger partial charge in [0.25, 0.3) is 0 Å². The number of nitrogens with zero attached hydrogens (tertiary/aromatic N) is 2. The molecule has 0 radical (unpaired) electrons. The van der Waals surface area contributed by atoms with E-state index in [0.717, 1.165) is 38.4 Å². The molecule has 2 fully saturated rings. The number of benzene rings is 2. The minimum absolute atomic E-state index is 0.164. The van der Waals surface area contributed by atoms with Gasteiger partial charge in [-0.05, 0) is 98.3 Å². The average Bonchev–Trinajstić information content (AvgIpc) is 3.66. The van der Waals surface area contributed by atoms with Crippen LogP contribution in [0.2, 0.25) is 0 Å². The maximum absolute atomic E-state index is 12.7. The lowest BCUT2D eigenvalue weighted by Gasteiger charge is -2.30. The van der Waals surface area contributed by atoms with Crippen molar-refractivity contribution in [2.24, 2.45) is 5.92 Å². The van der Waals surface area contributed by atoms with E-state index in [9.17, 15) is 4.79 Å². The van der Waals surface area contributed by atoms with E-state index in [1.807, 2.05) is 0 Å². The maximum atomic E-state index is 12.7. The van der Waals surface area contributed by atoms with Gasteiger partial charge in [0.15, 0.2) is 0 Å². The molecule has 0 aromatic heterocycles. The molecule has 2 heterocycles. The number of fused-ring (bicyclic) bond motifs is 1. The van der Waals surface area contributed by atoms with Crippen LogP contribution in [0.15, 0.2) is 42.5 Å². The van der Waals surface area contributed by atoms with Crippen LogP contribution in [-0.2, 0) is 30.7 Å². The van der Waals surface area contributed by atoms with Crippen LogP contribution in [0, 0.1) is 5.92 Å². The van der Waals surface area contributed by atoms with Gasteiger partial charge in [-0.25, -0.2) is 0 Å². The van der Waals surface area contributed by atoms with Crippen LogP contribution in [0.25, 0.3) is 0 Å². The van der Waals surface area contributed by atoms with Crippen molar-refractivity contribution in [2.75, 3.05) is 33.2 Å². The van der Waals surface area contributed by atoms with Gasteiger partial charge in [-0.2, -0.15) is 0 Å². The van der Waals surface area contributed by atoms with E-state index in [2.05, 4.69) is 64.6 Å². The van der Waals surface area contributed by atoms with E-state index in [-0.39, 0.29) is 5.91 Å². The fourth-order valence-electron chi connectivity index (χ4n) is 5.75. The Morgan fingerprint density at radius 1 is 0.970 bits per heavy atom. The van der Waals surface area contributed by atoms with Gasteiger partial charge in [0.1, 0.15) is 0 Å². The highest BCUT2D eigenvalue weighted by molar-refractivity contribution is 5.76. The molecular weight excluding hydrogens is 406 g/mol. The average molecular weight is 446 g/mol. The third kappa shape index (κ3) is 5.85. The first-order valence-corrected chi connectivity index (χ1v) is 13.0. The van der Waals surface area contributed by atoms with Crippen LogP contribution in [0.3, 0.4) is 0 Å². The highest BCUT2D eigenvalue weighted by atomic mass is 16.1. The van der Waals surface area contributed by atoms with Crippen molar-refractivity contribution >= 4 is 5.91 Å². The molecule has 3 aliphatic rings. The molecule has 0 bridgehead atoms. The molecule has 5 rings (SSSR count). The Balaban J connectivity index is 1.14. The molecule has 4 heteroatoms. The third-order valence-electron chi connectivity index (χ3n) is 7.97. The fourth-order valence-corrected chi connectivity index (χ4v) is 5.75. The van der Waals surface area contributed by atoms with Crippen LogP contribution < -0.4 is 5.32 Å². The first kappa shape index (κ1) is 22.6. The van der Waals surface area contributed by atoms with E-state index >= 15 is 0 Å². The van der Waals surface area contributed by atoms with Gasteiger partial charge in [0, 0.05) is 32.6 Å². The molecule has 176 valence electrons. The van der Waals surface area contributed by atoms with Gasteiger partial charge >= 0.3 is 0 Å². The SMILES string of the molecule is CN1CCC(c2ccccc2CNC(=O)CCc2cccc3c2CCN(CC2CC2)C3)CC1. The zero-order chi connectivity index (χ0) is 22.6. The number of likely N-dealkylation sites (tertiary alicyclic amines) is 1. The molecule has 2 aromatic rings. The fraction of sp³-hybridized carbons (Fsp3) is 0.552. The van der Waals surface area contributed by atoms with E-state index in [1.165, 1.54) is 66.6 Å². The Kier molecular flexibility index (Phi) is 7.13. The summed E-state index contributed by atoms with van der Waals surface area (Å²) in [6, 6.07) is 15.4. The van der Waals surface area contributed by atoms with E-state index < -0.39 is 0 Å². The largest absolute Gasteiger partial charge is 0.352 e. The van der Waals surface area contributed by atoms with Crippen LogP contribution in [0.4, 0.5) is 0 Å². The number of carbonyl (C=O) groups excluding carboxylic acids is 1.